The largest absolute Gasteiger partial charge is 0.329 e. The van der Waals surface area contributed by atoms with Crippen molar-refractivity contribution in [3.63, 3.8) is 0 Å². The Balaban J connectivity index is 1.52. The minimum absolute atomic E-state index is 0.0345. The molecule has 0 aliphatic heterocycles. The lowest BCUT2D eigenvalue weighted by molar-refractivity contribution is -0.116. The lowest BCUT2D eigenvalue weighted by atomic mass is 10.1. The molecule has 0 aliphatic rings. The van der Waals surface area contributed by atoms with Gasteiger partial charge in [0.25, 0.3) is 0 Å². The fraction of sp³-hybridized carbons (Fsp3) is 0.150. The highest BCUT2D eigenvalue weighted by molar-refractivity contribution is 7.09. The van der Waals surface area contributed by atoms with Crippen molar-refractivity contribution in [2.75, 3.05) is 5.32 Å². The van der Waals surface area contributed by atoms with Crippen molar-refractivity contribution in [1.29, 1.82) is 0 Å². The molecule has 0 bridgehead atoms. The molecule has 1 amide bonds. The predicted molar refractivity (Wildman–Crippen MR) is 108 cm³/mol. The number of imidazole rings is 1. The third-order valence-corrected chi connectivity index (χ3v) is 5.21. The van der Waals surface area contributed by atoms with Gasteiger partial charge in [-0.05, 0) is 31.2 Å². The summed E-state index contributed by atoms with van der Waals surface area (Å²) in [6.07, 6.45) is 0. The number of aromatic nitrogens is 3. The number of thiazole rings is 1. The van der Waals surface area contributed by atoms with Gasteiger partial charge in [0.05, 0.1) is 21.7 Å². The number of amides is 1. The van der Waals surface area contributed by atoms with Gasteiger partial charge in [-0.25, -0.2) is 9.78 Å². The van der Waals surface area contributed by atoms with Crippen LogP contribution in [0.3, 0.4) is 0 Å². The molecule has 0 spiro atoms. The highest BCUT2D eigenvalue weighted by Gasteiger charge is 2.13. The van der Waals surface area contributed by atoms with Crippen molar-refractivity contribution in [3.8, 4) is 11.3 Å². The normalized spacial score (nSPS) is 11.0. The average Bonchev–Trinajstić information content (AvgIpc) is 3.20. The van der Waals surface area contributed by atoms with Crippen LogP contribution in [0.4, 0.5) is 5.69 Å². The van der Waals surface area contributed by atoms with Crippen molar-refractivity contribution in [3.05, 3.63) is 69.4 Å². The van der Waals surface area contributed by atoms with Gasteiger partial charge in [-0.1, -0.05) is 24.3 Å². The summed E-state index contributed by atoms with van der Waals surface area (Å²) in [4.78, 5) is 29.3. The van der Waals surface area contributed by atoms with Gasteiger partial charge >= 0.3 is 5.69 Å². The van der Waals surface area contributed by atoms with E-state index in [9.17, 15) is 9.59 Å². The number of anilines is 1. The molecule has 0 unspecified atom stereocenters. The standard InChI is InChI=1S/C20H18N4O2S/c1-13-21-16(12-27-13)14-7-9-15(10-8-14)22-19(25)11-24-18-6-4-3-5-17(18)23(2)20(24)26/h3-10,12H,11H2,1-2H3,(H,22,25). The molecule has 27 heavy (non-hydrogen) atoms. The Morgan fingerprint density at radius 2 is 1.81 bits per heavy atom. The van der Waals surface area contributed by atoms with Gasteiger partial charge in [0.2, 0.25) is 5.91 Å². The molecule has 0 saturated heterocycles. The fourth-order valence-electron chi connectivity index (χ4n) is 3.08. The molecule has 0 aliphatic carbocycles. The average molecular weight is 378 g/mol. The van der Waals surface area contributed by atoms with Gasteiger partial charge in [0.15, 0.2) is 0 Å². The first-order valence-corrected chi connectivity index (χ1v) is 9.37. The highest BCUT2D eigenvalue weighted by Crippen LogP contribution is 2.23. The van der Waals surface area contributed by atoms with Crippen LogP contribution in [0.5, 0.6) is 0 Å². The van der Waals surface area contributed by atoms with E-state index in [2.05, 4.69) is 10.3 Å². The zero-order valence-electron chi connectivity index (χ0n) is 15.0. The molecule has 0 atom stereocenters. The summed E-state index contributed by atoms with van der Waals surface area (Å²) >= 11 is 1.60. The van der Waals surface area contributed by atoms with E-state index in [1.165, 1.54) is 4.57 Å². The first-order valence-electron chi connectivity index (χ1n) is 8.49. The number of aryl methyl sites for hydroxylation is 2. The number of hydrogen-bond donors (Lipinski definition) is 1. The number of rotatable bonds is 4. The second kappa shape index (κ2) is 6.85. The number of nitrogens with one attached hydrogen (secondary N) is 1. The Kier molecular flexibility index (Phi) is 4.37. The fourth-order valence-corrected chi connectivity index (χ4v) is 3.70. The molecular weight excluding hydrogens is 360 g/mol. The number of carbonyl (C=O) groups is 1. The van der Waals surface area contributed by atoms with Crippen LogP contribution in [0.1, 0.15) is 5.01 Å². The molecule has 4 aromatic rings. The van der Waals surface area contributed by atoms with E-state index in [1.54, 1.807) is 23.0 Å². The predicted octanol–water partition coefficient (Wildman–Crippen LogP) is 3.41. The molecule has 0 radical (unpaired) electrons. The molecule has 7 heteroatoms. The number of para-hydroxylation sites is 2. The number of carbonyl (C=O) groups excluding carboxylic acids is 1. The van der Waals surface area contributed by atoms with Gasteiger partial charge in [-0.3, -0.25) is 13.9 Å². The molecule has 0 saturated carbocycles. The Labute approximate surface area is 159 Å². The van der Waals surface area contributed by atoms with Crippen LogP contribution in [0.15, 0.2) is 58.7 Å². The minimum atomic E-state index is -0.245. The Morgan fingerprint density at radius 3 is 2.48 bits per heavy atom. The second-order valence-electron chi connectivity index (χ2n) is 6.29. The van der Waals surface area contributed by atoms with E-state index in [0.717, 1.165) is 27.3 Å². The number of nitrogens with zero attached hydrogens (tertiary/aromatic N) is 3. The lowest BCUT2D eigenvalue weighted by Gasteiger charge is -2.07. The monoisotopic (exact) mass is 378 g/mol. The third-order valence-electron chi connectivity index (χ3n) is 4.44. The van der Waals surface area contributed by atoms with Crippen molar-refractivity contribution in [1.82, 2.24) is 14.1 Å². The van der Waals surface area contributed by atoms with Crippen LogP contribution in [0.2, 0.25) is 0 Å². The van der Waals surface area contributed by atoms with Crippen molar-refractivity contribution >= 4 is 34.0 Å². The highest BCUT2D eigenvalue weighted by atomic mass is 32.1. The minimum Gasteiger partial charge on any atom is -0.325 e. The van der Waals surface area contributed by atoms with Crippen molar-refractivity contribution < 1.29 is 4.79 Å². The molecule has 136 valence electrons. The van der Waals surface area contributed by atoms with Crippen molar-refractivity contribution in [2.45, 2.75) is 13.5 Å². The molecule has 2 heterocycles. The third kappa shape index (κ3) is 3.29. The van der Waals surface area contributed by atoms with Gasteiger partial charge in [-0.15, -0.1) is 11.3 Å². The maximum atomic E-state index is 12.5. The summed E-state index contributed by atoms with van der Waals surface area (Å²) in [5.41, 5.74) is 3.96. The zero-order valence-corrected chi connectivity index (χ0v) is 15.8. The maximum absolute atomic E-state index is 12.5. The van der Waals surface area contributed by atoms with Gasteiger partial charge in [0.1, 0.15) is 6.54 Å². The van der Waals surface area contributed by atoms with Crippen LogP contribution in [0, 0.1) is 6.92 Å². The summed E-state index contributed by atoms with van der Waals surface area (Å²) in [5.74, 6) is -0.245. The first-order chi connectivity index (χ1) is 13.0. The van der Waals surface area contributed by atoms with Crippen LogP contribution < -0.4 is 11.0 Å². The number of fused-ring (bicyclic) bond motifs is 1. The molecular formula is C20H18N4O2S. The number of hydrogen-bond acceptors (Lipinski definition) is 4. The summed E-state index contributed by atoms with van der Waals surface area (Å²) < 4.78 is 3.03. The topological polar surface area (TPSA) is 68.9 Å². The van der Waals surface area contributed by atoms with Crippen LogP contribution in [0.25, 0.3) is 22.3 Å². The molecule has 6 nitrogen and oxygen atoms in total. The maximum Gasteiger partial charge on any atom is 0.329 e. The molecule has 1 N–H and O–H groups in total. The van der Waals surface area contributed by atoms with E-state index in [1.807, 2.05) is 60.8 Å². The smallest absolute Gasteiger partial charge is 0.325 e. The van der Waals surface area contributed by atoms with E-state index < -0.39 is 0 Å². The van der Waals surface area contributed by atoms with Crippen LogP contribution in [-0.4, -0.2) is 20.0 Å². The Hall–Kier alpha value is -3.19. The lowest BCUT2D eigenvalue weighted by Crippen LogP contribution is -2.28. The quantitative estimate of drug-likeness (QED) is 0.592. The van der Waals surface area contributed by atoms with E-state index in [-0.39, 0.29) is 18.1 Å². The molecule has 2 aromatic carbocycles. The first kappa shape index (κ1) is 17.2. The van der Waals surface area contributed by atoms with Crippen LogP contribution >= 0.6 is 11.3 Å². The van der Waals surface area contributed by atoms with E-state index >= 15 is 0 Å². The summed E-state index contributed by atoms with van der Waals surface area (Å²) in [5, 5.41) is 5.88. The van der Waals surface area contributed by atoms with E-state index in [0.29, 0.717) is 5.69 Å². The second-order valence-corrected chi connectivity index (χ2v) is 7.36. The zero-order chi connectivity index (χ0) is 19.0. The van der Waals surface area contributed by atoms with E-state index in [4.69, 9.17) is 0 Å². The molecule has 2 aromatic heterocycles. The molecule has 4 rings (SSSR count). The van der Waals surface area contributed by atoms with Gasteiger partial charge in [-0.2, -0.15) is 0 Å². The Morgan fingerprint density at radius 1 is 1.11 bits per heavy atom. The molecule has 0 fully saturated rings. The Bertz CT molecular complexity index is 1180. The van der Waals surface area contributed by atoms with Crippen LogP contribution in [-0.2, 0) is 18.4 Å². The summed E-state index contributed by atoms with van der Waals surface area (Å²) in [7, 11) is 1.71. The van der Waals surface area contributed by atoms with Gasteiger partial charge in [0, 0.05) is 23.7 Å². The summed E-state index contributed by atoms with van der Waals surface area (Å²) in [6.45, 7) is 1.94. The number of benzene rings is 2. The SMILES string of the molecule is Cc1nc(-c2ccc(NC(=O)Cn3c(=O)n(C)c4ccccc43)cc2)cs1. The van der Waals surface area contributed by atoms with Crippen molar-refractivity contribution in [2.24, 2.45) is 7.05 Å². The van der Waals surface area contributed by atoms with Gasteiger partial charge < -0.3 is 5.32 Å². The summed E-state index contributed by atoms with van der Waals surface area (Å²) in [6, 6.07) is 15.0.